The first kappa shape index (κ1) is 11.3. The van der Waals surface area contributed by atoms with Gasteiger partial charge in [0.1, 0.15) is 23.9 Å². The minimum absolute atomic E-state index is 0.392. The lowest BCUT2D eigenvalue weighted by Gasteiger charge is -2.07. The molecule has 0 fully saturated rings. The van der Waals surface area contributed by atoms with Crippen molar-refractivity contribution < 1.29 is 9.53 Å². The molecular weight excluding hydrogens is 218 g/mol. The van der Waals surface area contributed by atoms with Crippen LogP contribution in [-0.2, 0) is 13.2 Å². The molecule has 0 aliphatic heterocycles. The van der Waals surface area contributed by atoms with Crippen molar-refractivity contribution in [1.82, 2.24) is 14.5 Å². The molecule has 88 valence electrons. The fourth-order valence-corrected chi connectivity index (χ4v) is 1.46. The minimum Gasteiger partial charge on any atom is -0.484 e. The number of aryl methyl sites for hydroxylation is 1. The molecule has 0 aromatic carbocycles. The van der Waals surface area contributed by atoms with Crippen molar-refractivity contribution in [2.24, 2.45) is 0 Å². The highest BCUT2D eigenvalue weighted by atomic mass is 16.5. The zero-order valence-corrected chi connectivity index (χ0v) is 9.54. The zero-order chi connectivity index (χ0) is 12.1. The van der Waals surface area contributed by atoms with E-state index in [-0.39, 0.29) is 0 Å². The molecule has 0 saturated carbocycles. The van der Waals surface area contributed by atoms with Crippen LogP contribution in [0.15, 0.2) is 30.7 Å². The van der Waals surface area contributed by atoms with E-state index in [1.165, 1.54) is 6.20 Å². The topological polar surface area (TPSA) is 57.0 Å². The molecule has 2 heterocycles. The Morgan fingerprint density at radius 1 is 1.41 bits per heavy atom. The molecular formula is C12H13N3O2. The van der Waals surface area contributed by atoms with Gasteiger partial charge < -0.3 is 9.30 Å². The van der Waals surface area contributed by atoms with E-state index in [0.29, 0.717) is 24.3 Å². The highest BCUT2D eigenvalue weighted by molar-refractivity contribution is 5.71. The van der Waals surface area contributed by atoms with Gasteiger partial charge in [-0.15, -0.1) is 0 Å². The second-order valence-corrected chi connectivity index (χ2v) is 3.45. The molecule has 0 saturated heterocycles. The van der Waals surface area contributed by atoms with Crippen molar-refractivity contribution in [3.8, 4) is 5.75 Å². The second-order valence-electron chi connectivity index (χ2n) is 3.45. The molecule has 0 aliphatic rings. The molecule has 0 atom stereocenters. The Morgan fingerprint density at radius 3 is 2.94 bits per heavy atom. The number of nitrogens with zero attached hydrogens (tertiary/aromatic N) is 3. The van der Waals surface area contributed by atoms with Gasteiger partial charge in [0.25, 0.3) is 0 Å². The van der Waals surface area contributed by atoms with Crippen molar-refractivity contribution >= 4 is 6.29 Å². The number of hydrogen-bond acceptors (Lipinski definition) is 4. The molecule has 2 rings (SSSR count). The number of hydrogen-bond donors (Lipinski definition) is 0. The normalized spacial score (nSPS) is 10.2. The summed E-state index contributed by atoms with van der Waals surface area (Å²) in [6.45, 7) is 3.30. The van der Waals surface area contributed by atoms with Crippen LogP contribution < -0.4 is 4.74 Å². The third-order valence-electron chi connectivity index (χ3n) is 2.39. The van der Waals surface area contributed by atoms with Gasteiger partial charge in [0.2, 0.25) is 0 Å². The number of imidazole rings is 1. The number of carbonyl (C=O) groups excluding carboxylic acids is 1. The Hall–Kier alpha value is -2.17. The predicted octanol–water partition coefficient (Wildman–Crippen LogP) is 1.69. The Bertz CT molecular complexity index is 491. The third kappa shape index (κ3) is 2.69. The van der Waals surface area contributed by atoms with Gasteiger partial charge in [-0.05, 0) is 19.1 Å². The van der Waals surface area contributed by atoms with Crippen LogP contribution in [0.3, 0.4) is 0 Å². The first-order valence-corrected chi connectivity index (χ1v) is 5.37. The number of aldehydes is 1. The van der Waals surface area contributed by atoms with Crippen LogP contribution >= 0.6 is 0 Å². The summed E-state index contributed by atoms with van der Waals surface area (Å²) in [4.78, 5) is 18.5. The molecule has 2 aromatic rings. The van der Waals surface area contributed by atoms with Gasteiger partial charge in [-0.1, -0.05) is 0 Å². The maximum Gasteiger partial charge on any atom is 0.168 e. The maximum absolute atomic E-state index is 10.4. The standard InChI is InChI=1S/C12H13N3O2/c1-2-15-6-5-13-12(15)9-17-11-4-3-10(8-16)14-7-11/h3-8H,2,9H2,1H3. The summed E-state index contributed by atoms with van der Waals surface area (Å²) in [5.41, 5.74) is 0.396. The van der Waals surface area contributed by atoms with Crippen molar-refractivity contribution in [2.75, 3.05) is 0 Å². The SMILES string of the molecule is CCn1ccnc1COc1ccc(C=O)nc1. The number of ether oxygens (including phenoxy) is 1. The largest absolute Gasteiger partial charge is 0.484 e. The fourth-order valence-electron chi connectivity index (χ4n) is 1.46. The Kier molecular flexibility index (Phi) is 3.49. The third-order valence-corrected chi connectivity index (χ3v) is 2.39. The smallest absolute Gasteiger partial charge is 0.168 e. The quantitative estimate of drug-likeness (QED) is 0.735. The van der Waals surface area contributed by atoms with E-state index in [9.17, 15) is 4.79 Å². The predicted molar refractivity (Wildman–Crippen MR) is 61.9 cm³/mol. The molecule has 0 aliphatic carbocycles. The van der Waals surface area contributed by atoms with E-state index in [1.807, 2.05) is 17.7 Å². The van der Waals surface area contributed by atoms with Gasteiger partial charge >= 0.3 is 0 Å². The second kappa shape index (κ2) is 5.25. The summed E-state index contributed by atoms with van der Waals surface area (Å²) in [5.74, 6) is 1.49. The van der Waals surface area contributed by atoms with Crippen molar-refractivity contribution in [1.29, 1.82) is 0 Å². The highest BCUT2D eigenvalue weighted by Gasteiger charge is 2.02. The Morgan fingerprint density at radius 2 is 2.29 bits per heavy atom. The fraction of sp³-hybridized carbons (Fsp3) is 0.250. The Labute approximate surface area is 99.1 Å². The number of aromatic nitrogens is 3. The molecule has 0 spiro atoms. The molecule has 5 heteroatoms. The highest BCUT2D eigenvalue weighted by Crippen LogP contribution is 2.10. The van der Waals surface area contributed by atoms with Crippen LogP contribution in [-0.4, -0.2) is 20.8 Å². The average molecular weight is 231 g/mol. The summed E-state index contributed by atoms with van der Waals surface area (Å²) in [6, 6.07) is 3.34. The van der Waals surface area contributed by atoms with Crippen LogP contribution in [0, 0.1) is 0 Å². The number of pyridine rings is 1. The number of carbonyl (C=O) groups is 1. The number of rotatable bonds is 5. The average Bonchev–Trinajstić information content (AvgIpc) is 2.84. The van der Waals surface area contributed by atoms with Crippen LogP contribution in [0.25, 0.3) is 0 Å². The van der Waals surface area contributed by atoms with Crippen LogP contribution in [0.1, 0.15) is 23.2 Å². The van der Waals surface area contributed by atoms with Gasteiger partial charge in [-0.2, -0.15) is 0 Å². The van der Waals surface area contributed by atoms with Crippen molar-refractivity contribution in [3.63, 3.8) is 0 Å². The lowest BCUT2D eigenvalue weighted by atomic mass is 10.4. The molecule has 0 unspecified atom stereocenters. The molecule has 0 bridgehead atoms. The van der Waals surface area contributed by atoms with E-state index in [2.05, 4.69) is 9.97 Å². The maximum atomic E-state index is 10.4. The summed E-state index contributed by atoms with van der Waals surface area (Å²) in [6.07, 6.45) is 5.89. The van der Waals surface area contributed by atoms with E-state index >= 15 is 0 Å². The lowest BCUT2D eigenvalue weighted by molar-refractivity contribution is 0.111. The molecule has 0 N–H and O–H groups in total. The lowest BCUT2D eigenvalue weighted by Crippen LogP contribution is -2.05. The summed E-state index contributed by atoms with van der Waals surface area (Å²) < 4.78 is 7.54. The summed E-state index contributed by atoms with van der Waals surface area (Å²) in [7, 11) is 0. The van der Waals surface area contributed by atoms with E-state index in [1.54, 1.807) is 18.3 Å². The summed E-state index contributed by atoms with van der Waals surface area (Å²) >= 11 is 0. The van der Waals surface area contributed by atoms with Gasteiger partial charge in [-0.3, -0.25) is 4.79 Å². The van der Waals surface area contributed by atoms with Crippen LogP contribution in [0.5, 0.6) is 5.75 Å². The van der Waals surface area contributed by atoms with Gasteiger partial charge in [-0.25, -0.2) is 9.97 Å². The molecule has 17 heavy (non-hydrogen) atoms. The van der Waals surface area contributed by atoms with Crippen LogP contribution in [0.2, 0.25) is 0 Å². The van der Waals surface area contributed by atoms with Crippen LogP contribution in [0.4, 0.5) is 0 Å². The zero-order valence-electron chi connectivity index (χ0n) is 9.54. The first-order valence-electron chi connectivity index (χ1n) is 5.37. The van der Waals surface area contributed by atoms with Crippen molar-refractivity contribution in [3.05, 3.63) is 42.2 Å². The first-order chi connectivity index (χ1) is 8.33. The van der Waals surface area contributed by atoms with Crippen molar-refractivity contribution in [2.45, 2.75) is 20.1 Å². The van der Waals surface area contributed by atoms with E-state index in [0.717, 1.165) is 12.4 Å². The van der Waals surface area contributed by atoms with Gasteiger partial charge in [0, 0.05) is 18.9 Å². The molecule has 0 radical (unpaired) electrons. The van der Waals surface area contributed by atoms with E-state index in [4.69, 9.17) is 4.74 Å². The molecule has 0 amide bonds. The minimum atomic E-state index is 0.392. The van der Waals surface area contributed by atoms with Gasteiger partial charge in [0.05, 0.1) is 6.20 Å². The summed E-state index contributed by atoms with van der Waals surface area (Å²) in [5, 5.41) is 0. The van der Waals surface area contributed by atoms with Gasteiger partial charge in [0.15, 0.2) is 6.29 Å². The van der Waals surface area contributed by atoms with E-state index < -0.39 is 0 Å². The Balaban J connectivity index is 1.99. The molecule has 5 nitrogen and oxygen atoms in total. The monoisotopic (exact) mass is 231 g/mol. The molecule has 2 aromatic heterocycles.